The minimum absolute atomic E-state index is 0.0256. The summed E-state index contributed by atoms with van der Waals surface area (Å²) < 4.78 is 13.3. The van der Waals surface area contributed by atoms with E-state index in [1.165, 1.54) is 4.90 Å². The number of carbonyl (C=O) groups excluding carboxylic acids is 2. The maximum Gasteiger partial charge on any atom is 0.409 e. The zero-order valence-corrected chi connectivity index (χ0v) is 20.2. The first kappa shape index (κ1) is 25.6. The molecule has 0 aliphatic carbocycles. The number of nitrogens with zero attached hydrogens (tertiary/aromatic N) is 5. The van der Waals surface area contributed by atoms with Crippen molar-refractivity contribution in [1.29, 1.82) is 0 Å². The third kappa shape index (κ3) is 7.26. The maximum absolute atomic E-state index is 12.9. The smallest absolute Gasteiger partial charge is 0.409 e. The molecular weight excluding hydrogens is 438 g/mol. The standard InChI is InChI=1S/C24H35N5O5/c1-18-12-29(19(2)15-30)23(31)10-7-11-28-13-21(25-26-28)17-33-22(18)14-27(3)24(32)34-16-20-8-5-4-6-9-20/h4-6,8-9,13,18-19,22,30H,7,10-12,14-17H2,1-3H3/t18-,19-,22-/m1/s1. The number of aromatic nitrogens is 3. The van der Waals surface area contributed by atoms with Crippen LogP contribution in [-0.2, 0) is 34.0 Å². The molecule has 2 heterocycles. The predicted octanol–water partition coefficient (Wildman–Crippen LogP) is 2.07. The number of amides is 2. The molecule has 2 aromatic rings. The molecule has 0 saturated carbocycles. The number of rotatable bonds is 6. The molecule has 3 atom stereocenters. The molecule has 1 aliphatic rings. The lowest BCUT2D eigenvalue weighted by Gasteiger charge is -2.35. The Balaban J connectivity index is 1.70. The van der Waals surface area contributed by atoms with Crippen LogP contribution < -0.4 is 0 Å². The SMILES string of the molecule is C[C@@H]1CN([C@H](C)CO)C(=O)CCCn2cc(nn2)CO[C@@H]1CN(C)C(=O)OCc1ccccc1. The van der Waals surface area contributed by atoms with Crippen molar-refractivity contribution in [2.75, 3.05) is 26.7 Å². The molecule has 1 aromatic heterocycles. The molecular formula is C24H35N5O5. The summed E-state index contributed by atoms with van der Waals surface area (Å²) in [6.45, 7) is 5.37. The summed E-state index contributed by atoms with van der Waals surface area (Å²) in [6.07, 6.45) is 1.95. The van der Waals surface area contributed by atoms with Crippen LogP contribution in [0.4, 0.5) is 4.79 Å². The van der Waals surface area contributed by atoms with Crippen molar-refractivity contribution in [2.24, 2.45) is 5.92 Å². The van der Waals surface area contributed by atoms with Crippen molar-refractivity contribution in [1.82, 2.24) is 24.8 Å². The minimum atomic E-state index is -0.454. The van der Waals surface area contributed by atoms with Crippen LogP contribution in [0.2, 0.25) is 0 Å². The van der Waals surface area contributed by atoms with Crippen LogP contribution in [0.15, 0.2) is 36.5 Å². The molecule has 1 aromatic carbocycles. The second-order valence-electron chi connectivity index (χ2n) is 8.90. The second-order valence-corrected chi connectivity index (χ2v) is 8.90. The van der Waals surface area contributed by atoms with Gasteiger partial charge >= 0.3 is 6.09 Å². The second kappa shape index (κ2) is 12.5. The monoisotopic (exact) mass is 473 g/mol. The lowest BCUT2D eigenvalue weighted by atomic mass is 10.0. The summed E-state index contributed by atoms with van der Waals surface area (Å²) in [6, 6.07) is 9.18. The Morgan fingerprint density at radius 1 is 1.35 bits per heavy atom. The number of hydrogen-bond acceptors (Lipinski definition) is 7. The largest absolute Gasteiger partial charge is 0.445 e. The van der Waals surface area contributed by atoms with Crippen LogP contribution in [0.1, 0.15) is 37.9 Å². The normalized spacial score (nSPS) is 20.6. The highest BCUT2D eigenvalue weighted by atomic mass is 16.6. The Kier molecular flexibility index (Phi) is 9.41. The van der Waals surface area contributed by atoms with E-state index in [9.17, 15) is 14.7 Å². The first-order valence-corrected chi connectivity index (χ1v) is 11.7. The topological polar surface area (TPSA) is 110 Å². The van der Waals surface area contributed by atoms with E-state index in [4.69, 9.17) is 9.47 Å². The molecule has 0 radical (unpaired) electrons. The van der Waals surface area contributed by atoms with E-state index in [1.807, 2.05) is 50.4 Å². The number of benzene rings is 1. The molecule has 1 N–H and O–H groups in total. The van der Waals surface area contributed by atoms with Gasteiger partial charge in [-0.2, -0.15) is 0 Å². The fraction of sp³-hybridized carbons (Fsp3) is 0.583. The average molecular weight is 474 g/mol. The zero-order valence-electron chi connectivity index (χ0n) is 20.2. The van der Waals surface area contributed by atoms with Gasteiger partial charge in [0.15, 0.2) is 0 Å². The van der Waals surface area contributed by atoms with Crippen molar-refractivity contribution in [3.8, 4) is 0 Å². The molecule has 34 heavy (non-hydrogen) atoms. The predicted molar refractivity (Wildman–Crippen MR) is 125 cm³/mol. The lowest BCUT2D eigenvalue weighted by Crippen LogP contribution is -2.47. The van der Waals surface area contributed by atoms with Gasteiger partial charge in [0.05, 0.1) is 38.1 Å². The number of aryl methyl sites for hydroxylation is 1. The Labute approximate surface area is 200 Å². The van der Waals surface area contributed by atoms with Gasteiger partial charge in [0.1, 0.15) is 12.3 Å². The van der Waals surface area contributed by atoms with Crippen LogP contribution in [0.5, 0.6) is 0 Å². The van der Waals surface area contributed by atoms with E-state index in [2.05, 4.69) is 10.3 Å². The molecule has 2 amide bonds. The summed E-state index contributed by atoms with van der Waals surface area (Å²) in [5.74, 6) is -0.138. The van der Waals surface area contributed by atoms with Crippen LogP contribution >= 0.6 is 0 Å². The number of likely N-dealkylation sites (N-methyl/N-ethyl adjacent to an activating group) is 1. The summed E-state index contributed by atoms with van der Waals surface area (Å²) in [5.41, 5.74) is 1.60. The fourth-order valence-electron chi connectivity index (χ4n) is 3.87. The maximum atomic E-state index is 12.9. The Morgan fingerprint density at radius 3 is 2.85 bits per heavy atom. The number of carbonyl (C=O) groups is 2. The molecule has 10 nitrogen and oxygen atoms in total. The van der Waals surface area contributed by atoms with Crippen molar-refractivity contribution < 1.29 is 24.2 Å². The first-order valence-electron chi connectivity index (χ1n) is 11.7. The highest BCUT2D eigenvalue weighted by Gasteiger charge is 2.29. The third-order valence-corrected chi connectivity index (χ3v) is 6.02. The van der Waals surface area contributed by atoms with Crippen LogP contribution in [0.25, 0.3) is 0 Å². The average Bonchev–Trinajstić information content (AvgIpc) is 3.30. The Hall–Kier alpha value is -2.98. The summed E-state index contributed by atoms with van der Waals surface area (Å²) >= 11 is 0. The van der Waals surface area contributed by atoms with E-state index in [1.54, 1.807) is 16.6 Å². The summed E-state index contributed by atoms with van der Waals surface area (Å²) in [4.78, 5) is 28.7. The molecule has 2 bridgehead atoms. The van der Waals surface area contributed by atoms with Gasteiger partial charge in [-0.3, -0.25) is 9.48 Å². The number of aliphatic hydroxyl groups excluding tert-OH is 1. The van der Waals surface area contributed by atoms with Gasteiger partial charge < -0.3 is 24.4 Å². The van der Waals surface area contributed by atoms with Gasteiger partial charge in [0, 0.05) is 32.5 Å². The highest BCUT2D eigenvalue weighted by Crippen LogP contribution is 2.18. The Morgan fingerprint density at radius 2 is 2.12 bits per heavy atom. The molecule has 1 aliphatic heterocycles. The van der Waals surface area contributed by atoms with E-state index in [-0.39, 0.29) is 50.3 Å². The van der Waals surface area contributed by atoms with Crippen molar-refractivity contribution in [2.45, 2.75) is 58.6 Å². The third-order valence-electron chi connectivity index (χ3n) is 6.02. The van der Waals surface area contributed by atoms with Gasteiger partial charge in [0.2, 0.25) is 5.91 Å². The number of fused-ring (bicyclic) bond motifs is 2. The zero-order chi connectivity index (χ0) is 24.5. The Bertz CT molecular complexity index is 921. The minimum Gasteiger partial charge on any atom is -0.445 e. The van der Waals surface area contributed by atoms with E-state index in [0.29, 0.717) is 31.6 Å². The van der Waals surface area contributed by atoms with E-state index < -0.39 is 6.09 Å². The van der Waals surface area contributed by atoms with Gasteiger partial charge in [-0.1, -0.05) is 42.5 Å². The fourth-order valence-corrected chi connectivity index (χ4v) is 3.87. The highest BCUT2D eigenvalue weighted by molar-refractivity contribution is 5.76. The molecule has 186 valence electrons. The molecule has 0 unspecified atom stereocenters. The van der Waals surface area contributed by atoms with Crippen molar-refractivity contribution in [3.63, 3.8) is 0 Å². The lowest BCUT2D eigenvalue weighted by molar-refractivity contribution is -0.136. The number of aliphatic hydroxyl groups is 1. The van der Waals surface area contributed by atoms with Crippen LogP contribution in [0, 0.1) is 5.92 Å². The van der Waals surface area contributed by atoms with Gasteiger partial charge in [-0.25, -0.2) is 4.79 Å². The summed E-state index contributed by atoms with van der Waals surface area (Å²) in [7, 11) is 1.67. The van der Waals surface area contributed by atoms with Gasteiger partial charge in [0.25, 0.3) is 0 Å². The molecule has 0 fully saturated rings. The van der Waals surface area contributed by atoms with Crippen molar-refractivity contribution >= 4 is 12.0 Å². The molecule has 0 saturated heterocycles. The van der Waals surface area contributed by atoms with Gasteiger partial charge in [-0.15, -0.1) is 5.10 Å². The van der Waals surface area contributed by atoms with E-state index in [0.717, 1.165) is 5.56 Å². The summed E-state index contributed by atoms with van der Waals surface area (Å²) in [5, 5.41) is 18.0. The van der Waals surface area contributed by atoms with Crippen molar-refractivity contribution in [3.05, 3.63) is 47.8 Å². The quantitative estimate of drug-likeness (QED) is 0.684. The molecule has 0 spiro atoms. The number of hydrogen-bond donors (Lipinski definition) is 1. The van der Waals surface area contributed by atoms with Crippen LogP contribution in [0.3, 0.4) is 0 Å². The molecule has 10 heteroatoms. The van der Waals surface area contributed by atoms with E-state index >= 15 is 0 Å². The van der Waals surface area contributed by atoms with Crippen LogP contribution in [-0.4, -0.2) is 80.8 Å². The molecule has 3 rings (SSSR count). The number of ether oxygens (including phenoxy) is 2. The van der Waals surface area contributed by atoms with Gasteiger partial charge in [-0.05, 0) is 18.9 Å². The first-order chi connectivity index (χ1) is 16.4.